The van der Waals surface area contributed by atoms with E-state index in [1.165, 1.54) is 0 Å². The number of ether oxygens (including phenoxy) is 1. The van der Waals surface area contributed by atoms with Gasteiger partial charge in [0.05, 0.1) is 28.0 Å². The minimum absolute atomic E-state index is 0.281. The van der Waals surface area contributed by atoms with Crippen molar-refractivity contribution in [2.24, 2.45) is 0 Å². The molecule has 0 unspecified atom stereocenters. The van der Waals surface area contributed by atoms with E-state index in [0.717, 1.165) is 16.8 Å². The van der Waals surface area contributed by atoms with Gasteiger partial charge in [-0.2, -0.15) is 0 Å². The summed E-state index contributed by atoms with van der Waals surface area (Å²) in [6, 6.07) is 29.7. The fourth-order valence-electron chi connectivity index (χ4n) is 3.61. The minimum Gasteiger partial charge on any atom is -0.452 e. The van der Waals surface area contributed by atoms with Gasteiger partial charge in [-0.15, -0.1) is 0 Å². The topological polar surface area (TPSA) is 94.1 Å². The van der Waals surface area contributed by atoms with Crippen LogP contribution in [0.4, 0.5) is 5.82 Å². The van der Waals surface area contributed by atoms with Crippen LogP contribution >= 0.6 is 0 Å². The number of hydrogen-bond donors (Lipinski definition) is 1. The molecule has 35 heavy (non-hydrogen) atoms. The zero-order chi connectivity index (χ0) is 24.0. The highest BCUT2D eigenvalue weighted by Gasteiger charge is 2.16. The van der Waals surface area contributed by atoms with Gasteiger partial charge in [-0.3, -0.25) is 4.79 Å². The molecule has 2 heterocycles. The molecule has 0 aliphatic carbocycles. The van der Waals surface area contributed by atoms with E-state index in [0.29, 0.717) is 22.5 Å². The molecule has 5 aromatic rings. The van der Waals surface area contributed by atoms with Gasteiger partial charge in [0.1, 0.15) is 5.82 Å². The molecule has 1 N–H and O–H groups in total. The van der Waals surface area contributed by atoms with Crippen molar-refractivity contribution in [3.63, 3.8) is 0 Å². The predicted octanol–water partition coefficient (Wildman–Crippen LogP) is 5.15. The Balaban J connectivity index is 1.42. The first kappa shape index (κ1) is 21.9. The monoisotopic (exact) mass is 460 g/mol. The summed E-state index contributed by atoms with van der Waals surface area (Å²) in [5.41, 5.74) is 4.81. The fourth-order valence-corrected chi connectivity index (χ4v) is 3.61. The SMILES string of the molecule is O=C(COC(=O)c1ccc2nc(-c3ccccc3)c(-c3ccccc3)nc2c1)Nc1ccccn1. The van der Waals surface area contributed by atoms with Gasteiger partial charge in [-0.1, -0.05) is 66.7 Å². The number of carbonyl (C=O) groups excluding carboxylic acids is 2. The fraction of sp³-hybridized carbons (Fsp3) is 0.0357. The molecule has 0 atom stereocenters. The van der Waals surface area contributed by atoms with Crippen LogP contribution in [0.3, 0.4) is 0 Å². The summed E-state index contributed by atoms with van der Waals surface area (Å²) in [7, 11) is 0. The Morgan fingerprint density at radius 2 is 1.34 bits per heavy atom. The Kier molecular flexibility index (Phi) is 6.21. The van der Waals surface area contributed by atoms with Crippen molar-refractivity contribution < 1.29 is 14.3 Å². The number of hydrogen-bond acceptors (Lipinski definition) is 6. The number of rotatable bonds is 6. The molecule has 7 heteroatoms. The zero-order valence-corrected chi connectivity index (χ0v) is 18.6. The summed E-state index contributed by atoms with van der Waals surface area (Å²) >= 11 is 0. The van der Waals surface area contributed by atoms with E-state index in [1.54, 1.807) is 42.6 Å². The van der Waals surface area contributed by atoms with Gasteiger partial charge in [-0.25, -0.2) is 19.7 Å². The molecule has 170 valence electrons. The van der Waals surface area contributed by atoms with E-state index in [-0.39, 0.29) is 5.56 Å². The van der Waals surface area contributed by atoms with E-state index >= 15 is 0 Å². The molecule has 0 fully saturated rings. The molecule has 0 saturated heterocycles. The summed E-state index contributed by atoms with van der Waals surface area (Å²) in [4.78, 5) is 38.4. The highest BCUT2D eigenvalue weighted by Crippen LogP contribution is 2.31. The van der Waals surface area contributed by atoms with Crippen LogP contribution in [-0.2, 0) is 9.53 Å². The molecule has 0 aliphatic rings. The molecule has 1 amide bonds. The third kappa shape index (κ3) is 5.04. The van der Waals surface area contributed by atoms with Crippen LogP contribution in [0.15, 0.2) is 103 Å². The standard InChI is InChI=1S/C28H20N4O3/c33-25(32-24-13-7-8-16-29-24)18-35-28(34)21-14-15-22-23(17-21)31-27(20-11-5-2-6-12-20)26(30-22)19-9-3-1-4-10-19/h1-17H,18H2,(H,29,32,33). The number of pyridine rings is 1. The molecule has 0 radical (unpaired) electrons. The van der Waals surface area contributed by atoms with E-state index in [1.807, 2.05) is 60.7 Å². The number of amides is 1. The number of benzene rings is 3. The van der Waals surface area contributed by atoms with Crippen LogP contribution in [-0.4, -0.2) is 33.4 Å². The summed E-state index contributed by atoms with van der Waals surface area (Å²) in [5.74, 6) is -0.716. The summed E-state index contributed by atoms with van der Waals surface area (Å²) in [5, 5.41) is 2.58. The second-order valence-electron chi connectivity index (χ2n) is 7.70. The van der Waals surface area contributed by atoms with Gasteiger partial charge in [0.2, 0.25) is 0 Å². The largest absolute Gasteiger partial charge is 0.452 e. The van der Waals surface area contributed by atoms with Gasteiger partial charge >= 0.3 is 5.97 Å². The Morgan fingerprint density at radius 3 is 1.97 bits per heavy atom. The summed E-state index contributed by atoms with van der Waals surface area (Å²) in [6.45, 7) is -0.429. The molecule has 5 rings (SSSR count). The molecule has 0 saturated carbocycles. The van der Waals surface area contributed by atoms with Crippen LogP contribution in [0, 0.1) is 0 Å². The number of nitrogens with one attached hydrogen (secondary N) is 1. The van der Waals surface area contributed by atoms with E-state index in [4.69, 9.17) is 14.7 Å². The van der Waals surface area contributed by atoms with Crippen LogP contribution in [0.1, 0.15) is 10.4 Å². The normalized spacial score (nSPS) is 10.6. The number of carbonyl (C=O) groups is 2. The quantitative estimate of drug-likeness (QED) is 0.352. The van der Waals surface area contributed by atoms with Crippen molar-refractivity contribution in [2.75, 3.05) is 11.9 Å². The maximum absolute atomic E-state index is 12.6. The van der Waals surface area contributed by atoms with Crippen molar-refractivity contribution in [3.8, 4) is 22.5 Å². The Labute approximate surface area is 201 Å². The maximum atomic E-state index is 12.6. The molecule has 0 aliphatic heterocycles. The third-order valence-corrected chi connectivity index (χ3v) is 5.26. The Bertz CT molecular complexity index is 1490. The second kappa shape index (κ2) is 9.93. The van der Waals surface area contributed by atoms with Crippen LogP contribution < -0.4 is 5.32 Å². The van der Waals surface area contributed by atoms with Crippen LogP contribution in [0.25, 0.3) is 33.5 Å². The van der Waals surface area contributed by atoms with Crippen LogP contribution in [0.2, 0.25) is 0 Å². The molecule has 0 spiro atoms. The highest BCUT2D eigenvalue weighted by atomic mass is 16.5. The highest BCUT2D eigenvalue weighted by molar-refractivity contribution is 5.97. The molecule has 0 bridgehead atoms. The Morgan fingerprint density at radius 1 is 0.714 bits per heavy atom. The van der Waals surface area contributed by atoms with Crippen LogP contribution in [0.5, 0.6) is 0 Å². The van der Waals surface area contributed by atoms with E-state index < -0.39 is 18.5 Å². The molecule has 2 aromatic heterocycles. The summed E-state index contributed by atoms with van der Waals surface area (Å²) in [6.07, 6.45) is 1.56. The number of esters is 1. The average molecular weight is 460 g/mol. The van der Waals surface area contributed by atoms with Gasteiger partial charge < -0.3 is 10.1 Å². The first-order valence-electron chi connectivity index (χ1n) is 11.0. The summed E-state index contributed by atoms with van der Waals surface area (Å²) < 4.78 is 5.19. The number of nitrogens with zero attached hydrogens (tertiary/aromatic N) is 3. The maximum Gasteiger partial charge on any atom is 0.338 e. The van der Waals surface area contributed by atoms with Gasteiger partial charge in [0.15, 0.2) is 6.61 Å². The smallest absolute Gasteiger partial charge is 0.338 e. The van der Waals surface area contributed by atoms with Gasteiger partial charge in [0.25, 0.3) is 5.91 Å². The van der Waals surface area contributed by atoms with Gasteiger partial charge in [0, 0.05) is 17.3 Å². The first-order valence-corrected chi connectivity index (χ1v) is 11.0. The van der Waals surface area contributed by atoms with Crippen molar-refractivity contribution in [1.82, 2.24) is 15.0 Å². The first-order chi connectivity index (χ1) is 17.2. The van der Waals surface area contributed by atoms with Crippen molar-refractivity contribution >= 4 is 28.7 Å². The van der Waals surface area contributed by atoms with Gasteiger partial charge in [-0.05, 0) is 30.3 Å². The molecule has 7 nitrogen and oxygen atoms in total. The van der Waals surface area contributed by atoms with E-state index in [9.17, 15) is 9.59 Å². The Hall–Kier alpha value is -4.91. The molecule has 3 aromatic carbocycles. The predicted molar refractivity (Wildman–Crippen MR) is 134 cm³/mol. The third-order valence-electron chi connectivity index (χ3n) is 5.26. The minimum atomic E-state index is -0.627. The number of anilines is 1. The zero-order valence-electron chi connectivity index (χ0n) is 18.6. The second-order valence-corrected chi connectivity index (χ2v) is 7.70. The van der Waals surface area contributed by atoms with Crippen molar-refractivity contribution in [3.05, 3.63) is 109 Å². The lowest BCUT2D eigenvalue weighted by molar-refractivity contribution is -0.119. The van der Waals surface area contributed by atoms with Crippen molar-refractivity contribution in [2.45, 2.75) is 0 Å². The molecular formula is C28H20N4O3. The average Bonchev–Trinajstić information content (AvgIpc) is 2.92. The number of fused-ring (bicyclic) bond motifs is 1. The van der Waals surface area contributed by atoms with Crippen molar-refractivity contribution in [1.29, 1.82) is 0 Å². The number of aromatic nitrogens is 3. The van der Waals surface area contributed by atoms with E-state index in [2.05, 4.69) is 10.3 Å². The lowest BCUT2D eigenvalue weighted by Gasteiger charge is -2.11. The lowest BCUT2D eigenvalue weighted by atomic mass is 10.0. The lowest BCUT2D eigenvalue weighted by Crippen LogP contribution is -2.21. The molecular weight excluding hydrogens is 440 g/mol.